The van der Waals surface area contributed by atoms with Crippen LogP contribution in [0.15, 0.2) is 24.3 Å². The quantitative estimate of drug-likeness (QED) is 0.820. The minimum absolute atomic E-state index is 0.249. The number of halogens is 1. The SMILES string of the molecule is O=C(COC(=O)C[C@H]1C[C@H]2CC[C@H]1C2)NCc1ccc(F)cc1. The number of fused-ring (bicyclic) bond motifs is 2. The van der Waals surface area contributed by atoms with E-state index in [2.05, 4.69) is 5.32 Å². The molecule has 23 heavy (non-hydrogen) atoms. The van der Waals surface area contributed by atoms with Crippen LogP contribution >= 0.6 is 0 Å². The first-order valence-electron chi connectivity index (χ1n) is 8.27. The molecule has 1 aromatic carbocycles. The van der Waals surface area contributed by atoms with Crippen LogP contribution in [0.5, 0.6) is 0 Å². The molecule has 2 saturated carbocycles. The smallest absolute Gasteiger partial charge is 0.306 e. The highest BCUT2D eigenvalue weighted by Crippen LogP contribution is 2.49. The molecule has 0 aliphatic heterocycles. The fraction of sp³-hybridized carbons (Fsp3) is 0.556. The van der Waals surface area contributed by atoms with Gasteiger partial charge in [-0.05, 0) is 54.7 Å². The van der Waals surface area contributed by atoms with Crippen LogP contribution in [0.25, 0.3) is 0 Å². The van der Waals surface area contributed by atoms with Gasteiger partial charge in [-0.3, -0.25) is 9.59 Å². The zero-order chi connectivity index (χ0) is 16.2. The summed E-state index contributed by atoms with van der Waals surface area (Å²) in [5.41, 5.74) is 0.799. The number of hydrogen-bond donors (Lipinski definition) is 1. The molecule has 0 spiro atoms. The van der Waals surface area contributed by atoms with Crippen molar-refractivity contribution in [3.05, 3.63) is 35.6 Å². The molecule has 0 aromatic heterocycles. The van der Waals surface area contributed by atoms with Crippen LogP contribution in [0.2, 0.25) is 0 Å². The molecule has 1 amide bonds. The van der Waals surface area contributed by atoms with Crippen LogP contribution in [0.4, 0.5) is 4.39 Å². The van der Waals surface area contributed by atoms with Crippen molar-refractivity contribution in [1.29, 1.82) is 0 Å². The van der Waals surface area contributed by atoms with E-state index in [4.69, 9.17) is 4.74 Å². The lowest BCUT2D eigenvalue weighted by Gasteiger charge is -2.20. The number of ether oxygens (including phenoxy) is 1. The maximum absolute atomic E-state index is 12.8. The molecule has 1 aromatic rings. The van der Waals surface area contributed by atoms with Crippen LogP contribution in [0.3, 0.4) is 0 Å². The van der Waals surface area contributed by atoms with Crippen molar-refractivity contribution in [2.75, 3.05) is 6.61 Å². The maximum Gasteiger partial charge on any atom is 0.306 e. The molecule has 2 aliphatic rings. The van der Waals surface area contributed by atoms with E-state index in [-0.39, 0.29) is 24.3 Å². The Morgan fingerprint density at radius 3 is 2.61 bits per heavy atom. The Kier molecular flexibility index (Phi) is 4.94. The zero-order valence-electron chi connectivity index (χ0n) is 13.1. The van der Waals surface area contributed by atoms with Crippen molar-refractivity contribution in [3.8, 4) is 0 Å². The van der Waals surface area contributed by atoms with E-state index in [1.807, 2.05) is 0 Å². The Morgan fingerprint density at radius 2 is 1.96 bits per heavy atom. The molecule has 124 valence electrons. The highest BCUT2D eigenvalue weighted by molar-refractivity contribution is 5.80. The summed E-state index contributed by atoms with van der Waals surface area (Å²) >= 11 is 0. The van der Waals surface area contributed by atoms with Gasteiger partial charge in [-0.2, -0.15) is 0 Å². The molecule has 2 aliphatic carbocycles. The lowest BCUT2D eigenvalue weighted by atomic mass is 9.86. The van der Waals surface area contributed by atoms with Crippen molar-refractivity contribution < 1.29 is 18.7 Å². The fourth-order valence-corrected chi connectivity index (χ4v) is 3.90. The number of carbonyl (C=O) groups is 2. The van der Waals surface area contributed by atoms with Gasteiger partial charge in [-0.15, -0.1) is 0 Å². The Labute approximate surface area is 135 Å². The van der Waals surface area contributed by atoms with E-state index in [0.717, 1.165) is 17.9 Å². The van der Waals surface area contributed by atoms with Gasteiger partial charge >= 0.3 is 5.97 Å². The van der Waals surface area contributed by atoms with Crippen molar-refractivity contribution in [3.63, 3.8) is 0 Å². The summed E-state index contributed by atoms with van der Waals surface area (Å²) in [5, 5.41) is 2.66. The number of carbonyl (C=O) groups excluding carboxylic acids is 2. The van der Waals surface area contributed by atoms with E-state index >= 15 is 0 Å². The summed E-state index contributed by atoms with van der Waals surface area (Å²) in [4.78, 5) is 23.5. The zero-order valence-corrected chi connectivity index (χ0v) is 13.1. The van der Waals surface area contributed by atoms with E-state index < -0.39 is 0 Å². The monoisotopic (exact) mass is 319 g/mol. The molecule has 0 saturated heterocycles. The van der Waals surface area contributed by atoms with E-state index in [0.29, 0.717) is 24.8 Å². The van der Waals surface area contributed by atoms with Crippen molar-refractivity contribution in [2.45, 2.75) is 38.6 Å². The van der Waals surface area contributed by atoms with Crippen molar-refractivity contribution in [1.82, 2.24) is 5.32 Å². The van der Waals surface area contributed by atoms with Crippen LogP contribution in [0.1, 0.15) is 37.7 Å². The summed E-state index contributed by atoms with van der Waals surface area (Å²) in [5.74, 6) is 1.00. The average molecular weight is 319 g/mol. The van der Waals surface area contributed by atoms with Gasteiger partial charge in [0, 0.05) is 13.0 Å². The normalized spacial score (nSPS) is 25.3. The van der Waals surface area contributed by atoms with E-state index in [1.165, 1.54) is 31.4 Å². The molecule has 4 nitrogen and oxygen atoms in total. The van der Waals surface area contributed by atoms with Gasteiger partial charge < -0.3 is 10.1 Å². The Hall–Kier alpha value is -1.91. The van der Waals surface area contributed by atoms with Crippen LogP contribution in [0, 0.1) is 23.6 Å². The molecule has 5 heteroatoms. The Balaban J connectivity index is 1.34. The average Bonchev–Trinajstić information content (AvgIpc) is 3.15. The minimum atomic E-state index is -0.337. The second-order valence-corrected chi connectivity index (χ2v) is 6.70. The number of benzene rings is 1. The van der Waals surface area contributed by atoms with Gasteiger partial charge in [-0.1, -0.05) is 18.6 Å². The molecule has 2 fully saturated rings. The van der Waals surface area contributed by atoms with Crippen molar-refractivity contribution in [2.24, 2.45) is 17.8 Å². The van der Waals surface area contributed by atoms with Gasteiger partial charge in [0.25, 0.3) is 5.91 Å². The standard InChI is InChI=1S/C18H22FNO3/c19-16-5-2-12(3-6-16)10-20-17(21)11-23-18(22)9-15-8-13-1-4-14(15)7-13/h2-3,5-6,13-15H,1,4,7-11H2,(H,20,21)/t13-,14-,15+/m0/s1. The number of nitrogens with one attached hydrogen (secondary N) is 1. The number of esters is 1. The second kappa shape index (κ2) is 7.11. The predicted octanol–water partition coefficient (Wildman–Crippen LogP) is 2.81. The molecular formula is C18H22FNO3. The molecular weight excluding hydrogens is 297 g/mol. The minimum Gasteiger partial charge on any atom is -0.456 e. The first kappa shape index (κ1) is 16.0. The molecule has 1 N–H and O–H groups in total. The lowest BCUT2D eigenvalue weighted by Crippen LogP contribution is -2.29. The third-order valence-corrected chi connectivity index (χ3v) is 5.08. The first-order chi connectivity index (χ1) is 11.1. The van der Waals surface area contributed by atoms with Gasteiger partial charge in [0.1, 0.15) is 5.82 Å². The first-order valence-corrected chi connectivity index (χ1v) is 8.27. The maximum atomic E-state index is 12.8. The number of hydrogen-bond acceptors (Lipinski definition) is 3. The molecule has 2 bridgehead atoms. The summed E-state index contributed by atoms with van der Waals surface area (Å²) in [6.07, 6.45) is 5.38. The van der Waals surface area contributed by atoms with Gasteiger partial charge in [-0.25, -0.2) is 4.39 Å². The highest BCUT2D eigenvalue weighted by Gasteiger charge is 2.40. The van der Waals surface area contributed by atoms with Gasteiger partial charge in [0.05, 0.1) is 0 Å². The molecule has 0 unspecified atom stereocenters. The van der Waals surface area contributed by atoms with E-state index in [1.54, 1.807) is 12.1 Å². The van der Waals surface area contributed by atoms with Gasteiger partial charge in [0.2, 0.25) is 0 Å². The molecule has 3 rings (SSSR count). The third-order valence-electron chi connectivity index (χ3n) is 5.08. The molecule has 0 radical (unpaired) electrons. The van der Waals surface area contributed by atoms with Crippen LogP contribution in [-0.4, -0.2) is 18.5 Å². The lowest BCUT2D eigenvalue weighted by molar-refractivity contribution is -0.149. The fourth-order valence-electron chi connectivity index (χ4n) is 3.90. The third kappa shape index (κ3) is 4.30. The Morgan fingerprint density at radius 1 is 1.17 bits per heavy atom. The molecule has 0 heterocycles. The molecule has 3 atom stereocenters. The van der Waals surface area contributed by atoms with Crippen LogP contribution in [-0.2, 0) is 20.9 Å². The second-order valence-electron chi connectivity index (χ2n) is 6.70. The Bertz CT molecular complexity index is 572. The summed E-state index contributed by atoms with van der Waals surface area (Å²) in [6.45, 7) is 0.0455. The summed E-state index contributed by atoms with van der Waals surface area (Å²) in [6, 6.07) is 5.90. The van der Waals surface area contributed by atoms with Crippen LogP contribution < -0.4 is 5.32 Å². The summed E-state index contributed by atoms with van der Waals surface area (Å²) < 4.78 is 17.8. The largest absolute Gasteiger partial charge is 0.456 e. The highest BCUT2D eigenvalue weighted by atomic mass is 19.1. The predicted molar refractivity (Wildman–Crippen MR) is 82.8 cm³/mol. The van der Waals surface area contributed by atoms with Crippen molar-refractivity contribution >= 4 is 11.9 Å². The summed E-state index contributed by atoms with van der Waals surface area (Å²) in [7, 11) is 0. The number of amides is 1. The number of rotatable bonds is 6. The topological polar surface area (TPSA) is 55.4 Å². The van der Waals surface area contributed by atoms with Gasteiger partial charge in [0.15, 0.2) is 6.61 Å². The van der Waals surface area contributed by atoms with E-state index in [9.17, 15) is 14.0 Å².